The van der Waals surface area contributed by atoms with Crippen molar-refractivity contribution in [2.24, 2.45) is 47.3 Å². The van der Waals surface area contributed by atoms with Gasteiger partial charge in [0.2, 0.25) is 10.0 Å². The highest BCUT2D eigenvalue weighted by Crippen LogP contribution is 2.22. The number of fused-ring (bicyclic) bond motifs is 5. The molecule has 0 radical (unpaired) electrons. The van der Waals surface area contributed by atoms with E-state index in [1.807, 2.05) is 86.6 Å². The van der Waals surface area contributed by atoms with Gasteiger partial charge in [-0.1, -0.05) is 180 Å². The molecular weight excluding hydrogens is 1250 g/mol. The van der Waals surface area contributed by atoms with Gasteiger partial charge in [-0.3, -0.25) is 38.9 Å². The number of azo groups is 2. The third-order valence-electron chi connectivity index (χ3n) is 13.2. The van der Waals surface area contributed by atoms with Crippen LogP contribution < -0.4 is 33.1 Å². The summed E-state index contributed by atoms with van der Waals surface area (Å²) in [4.78, 5) is 99.3. The smallest absolute Gasteiger partial charge is 0.278 e. The minimum atomic E-state index is -3.01. The minimum absolute atomic E-state index is 0.0498. The number of aliphatic imine (C=N–C) groups is 3. The van der Waals surface area contributed by atoms with Crippen LogP contribution in [-0.4, -0.2) is 113 Å². The van der Waals surface area contributed by atoms with Gasteiger partial charge in [0, 0.05) is 50.7 Å². The van der Waals surface area contributed by atoms with E-state index in [1.54, 1.807) is 36.8 Å². The van der Waals surface area contributed by atoms with Crippen molar-refractivity contribution in [1.82, 2.24) is 59.5 Å². The highest BCUT2D eigenvalue weighted by atomic mass is 32.2. The number of nitrogens with zero attached hydrogens (tertiary/aromatic N) is 13. The number of aromatic amines is 5. The highest BCUT2D eigenvalue weighted by molar-refractivity contribution is 7.89. The molecule has 0 spiro atoms. The molecule has 1 fully saturated rings. The number of nitrogens with one attached hydrogen (secondary N) is 6. The summed E-state index contributed by atoms with van der Waals surface area (Å²) in [6, 6.07) is 32.9. The molecule has 97 heavy (non-hydrogen) atoms. The molecule has 27 heteroatoms. The van der Waals surface area contributed by atoms with Crippen LogP contribution in [0.25, 0.3) is 0 Å². The van der Waals surface area contributed by atoms with Crippen molar-refractivity contribution in [1.29, 1.82) is 0 Å². The summed E-state index contributed by atoms with van der Waals surface area (Å²) in [6.45, 7) is 34.4. The molecule has 5 aromatic heterocycles. The molecule has 8 aromatic rings. The van der Waals surface area contributed by atoms with Crippen LogP contribution in [0.4, 0.5) is 11.4 Å². The van der Waals surface area contributed by atoms with E-state index in [4.69, 9.17) is 0 Å². The van der Waals surface area contributed by atoms with E-state index in [2.05, 4.69) is 184 Å². The summed E-state index contributed by atoms with van der Waals surface area (Å²) in [5.74, 6) is 3.93. The molecule has 0 aliphatic carbocycles. The van der Waals surface area contributed by atoms with Gasteiger partial charge in [0.15, 0.2) is 11.4 Å². The van der Waals surface area contributed by atoms with Crippen LogP contribution in [0.2, 0.25) is 0 Å². The molecule has 0 atom stereocenters. The van der Waals surface area contributed by atoms with Crippen molar-refractivity contribution in [2.45, 2.75) is 153 Å². The molecule has 6 aliphatic rings. The zero-order valence-corrected chi connectivity index (χ0v) is 59.0. The van der Waals surface area contributed by atoms with E-state index in [-0.39, 0.29) is 39.0 Å². The Bertz CT molecular complexity index is 3970. The highest BCUT2D eigenvalue weighted by Gasteiger charge is 2.26. The Kier molecular flexibility index (Phi) is 34.9. The van der Waals surface area contributed by atoms with Crippen molar-refractivity contribution < 1.29 is 8.42 Å². The zero-order valence-electron chi connectivity index (χ0n) is 58.2. The first-order valence-corrected chi connectivity index (χ1v) is 33.8. The van der Waals surface area contributed by atoms with E-state index in [0.717, 1.165) is 36.4 Å². The maximum Gasteiger partial charge on any atom is 0.278 e. The molecule has 0 saturated carbocycles. The third kappa shape index (κ3) is 28.6. The average molecular weight is 1350 g/mol. The predicted octanol–water partition coefficient (Wildman–Crippen LogP) is 11.2. The first kappa shape index (κ1) is 79.6. The normalized spacial score (nSPS) is 13.2. The lowest BCUT2D eigenvalue weighted by Crippen LogP contribution is -2.48. The third-order valence-corrected chi connectivity index (χ3v) is 15.4. The van der Waals surface area contributed by atoms with Gasteiger partial charge >= 0.3 is 0 Å². The Morgan fingerprint density at radius 2 is 0.773 bits per heavy atom. The van der Waals surface area contributed by atoms with Gasteiger partial charge in [-0.15, -0.1) is 10.2 Å². The Labute approximate surface area is 567 Å². The molecule has 6 N–H and O–H groups in total. The summed E-state index contributed by atoms with van der Waals surface area (Å²) in [6.07, 6.45) is 10.4. The van der Waals surface area contributed by atoms with Crippen molar-refractivity contribution in [3.63, 3.8) is 0 Å². The van der Waals surface area contributed by atoms with E-state index >= 15 is 0 Å². The summed E-state index contributed by atoms with van der Waals surface area (Å²) in [5.41, 5.74) is 8.41. The van der Waals surface area contributed by atoms with Crippen LogP contribution in [0.15, 0.2) is 182 Å². The molecule has 518 valence electrons. The van der Waals surface area contributed by atoms with Gasteiger partial charge in [0.25, 0.3) is 27.8 Å². The topological polar surface area (TPSA) is 365 Å². The molecule has 26 nitrogen and oxygen atoms in total. The molecule has 0 bridgehead atoms. The fourth-order valence-corrected chi connectivity index (χ4v) is 9.32. The van der Waals surface area contributed by atoms with Crippen LogP contribution in [0, 0.1) is 11.8 Å². The number of hydrogen-bond donors (Lipinski definition) is 6. The van der Waals surface area contributed by atoms with Gasteiger partial charge in [-0.2, -0.15) is 14.5 Å². The Morgan fingerprint density at radius 3 is 1.11 bits per heavy atom. The van der Waals surface area contributed by atoms with E-state index in [1.165, 1.54) is 36.4 Å². The van der Waals surface area contributed by atoms with Crippen LogP contribution in [0.3, 0.4) is 0 Å². The standard InChI is InChI=1S/C12H18.C9H11N3O.C7H16N2O2S.2C6H5N3O.2C6H6.2C5H4N4O.2C4H10/c1-9(2)11-6-5-7-12(8-11)10(3)4;1-5(2)8-11-7-4-10-3-6(7)9(13)12-8;1-7(2)12(10,11)9-5-3-8-4-6-9;2*10-6-4-1-7-2-5(4)8-3-9-6;2*1-2-4-6-5-3-1;2*10-5-4-3(1-8-9-4)6-2-7-5;2*1-4(2)3/h5-10H,1-4H3;4-5H,3H2,1-2H3,(H,11,12,13);7-8H,3-6H2,1-2H3;2*2-3H,1H2,(H,8,9,10);2*1-6H;2*2H,1H2,(H,6,7,10);2*4H,1-3H3. The molecule has 6 aliphatic heterocycles. The Morgan fingerprint density at radius 1 is 0.423 bits per heavy atom. The largest absolute Gasteiger partial charge is 0.314 e. The molecule has 3 aromatic carbocycles. The van der Waals surface area contributed by atoms with Crippen LogP contribution in [-0.2, 0) is 42.7 Å². The summed E-state index contributed by atoms with van der Waals surface area (Å²) < 4.78 is 24.7. The minimum Gasteiger partial charge on any atom is -0.314 e. The lowest BCUT2D eigenvalue weighted by Gasteiger charge is -2.28. The molecule has 14 rings (SSSR count). The zero-order chi connectivity index (χ0) is 71.3. The second-order valence-corrected chi connectivity index (χ2v) is 26.9. The lowest BCUT2D eigenvalue weighted by molar-refractivity contribution is 0.357. The Balaban J connectivity index is 0.000000230. The van der Waals surface area contributed by atoms with Gasteiger partial charge in [0.05, 0.1) is 95.4 Å². The number of benzene rings is 3. The number of hydrogen-bond acceptors (Lipinski definition) is 20. The SMILES string of the molecule is CC(C)C.CC(C)C.CC(C)S(=O)(=O)N1CCNCC1.CC(C)c1cccc(C(C)C)c1.CC(C)c1nc2c(c(=O)[nH]1)CN=C2.O=c1[nH]cnc2c1CN=C2.O=c1[nH]cnc2c1CN=C2.O=c1[nH]cnc2c1N=NC2.O=c1[nH]cnc2c1N=NC2.c1ccccc1.c1ccccc1. The first-order chi connectivity index (χ1) is 46.3. The molecule has 11 heterocycles. The number of piperazine rings is 1. The molecular formula is C70H95N19O7S. The summed E-state index contributed by atoms with van der Waals surface area (Å²) in [7, 11) is -3.01. The van der Waals surface area contributed by atoms with Gasteiger partial charge in [-0.05, 0) is 48.6 Å². The number of aromatic nitrogens is 10. The lowest BCUT2D eigenvalue weighted by atomic mass is 9.96. The maximum atomic E-state index is 11.6. The first-order valence-electron chi connectivity index (χ1n) is 32.2. The second-order valence-electron chi connectivity index (χ2n) is 24.4. The van der Waals surface area contributed by atoms with Crippen LogP contribution in [0.1, 0.15) is 177 Å². The number of H-pyrrole nitrogens is 5. The van der Waals surface area contributed by atoms with Crippen LogP contribution in [0.5, 0.6) is 0 Å². The van der Waals surface area contributed by atoms with E-state index in [0.29, 0.717) is 108 Å². The van der Waals surface area contributed by atoms with Gasteiger partial charge in [0.1, 0.15) is 18.9 Å². The Hall–Kier alpha value is -9.86. The second kappa shape index (κ2) is 42.5. The van der Waals surface area contributed by atoms with Crippen LogP contribution >= 0.6 is 0 Å². The van der Waals surface area contributed by atoms with Gasteiger partial charge < -0.3 is 30.2 Å². The monoisotopic (exact) mass is 1350 g/mol. The molecule has 0 amide bonds. The quantitative estimate of drug-likeness (QED) is 0.0934. The van der Waals surface area contributed by atoms with Crippen molar-refractivity contribution in [3.8, 4) is 0 Å². The number of sulfonamides is 1. The fourth-order valence-electron chi connectivity index (χ4n) is 8.03. The maximum absolute atomic E-state index is 11.6. The molecule has 0 unspecified atom stereocenters. The summed E-state index contributed by atoms with van der Waals surface area (Å²) >= 11 is 0. The molecule has 1 saturated heterocycles. The predicted molar refractivity (Wildman–Crippen MR) is 386 cm³/mol. The van der Waals surface area contributed by atoms with E-state index < -0.39 is 10.0 Å². The van der Waals surface area contributed by atoms with Crippen molar-refractivity contribution in [2.75, 3.05) is 26.2 Å². The van der Waals surface area contributed by atoms with Gasteiger partial charge in [-0.25, -0.2) is 33.3 Å². The van der Waals surface area contributed by atoms with Crippen molar-refractivity contribution >= 4 is 40.0 Å². The summed E-state index contributed by atoms with van der Waals surface area (Å²) in [5, 5.41) is 17.4. The number of rotatable bonds is 5. The fraction of sp³-hybridized carbons (Fsp3) is 0.414. The van der Waals surface area contributed by atoms with Crippen molar-refractivity contribution in [3.05, 3.63) is 236 Å². The average Bonchev–Trinajstić information content (AvgIpc) is 1.75. The van der Waals surface area contributed by atoms with E-state index in [9.17, 15) is 32.4 Å².